The highest BCUT2D eigenvalue weighted by atomic mass is 16.5. The van der Waals surface area contributed by atoms with Gasteiger partial charge in [-0.1, -0.05) is 30.4 Å². The van der Waals surface area contributed by atoms with E-state index in [1.54, 1.807) is 0 Å². The molecule has 3 rings (SSSR count). The standard InChI is InChI=1S/C16H19NO2/c18-16(9-12-5-1-2-6-12)17-11-14-10-13-7-3-4-8-15(13)19-14/h1,3-5,7-8,12,14H,2,6,9-11H2,(H,17,18)/t12-,14+/m0/s1. The minimum atomic E-state index is 0.0838. The lowest BCUT2D eigenvalue weighted by atomic mass is 10.0. The van der Waals surface area contributed by atoms with Crippen molar-refractivity contribution in [3.8, 4) is 5.75 Å². The number of allylic oxidation sites excluding steroid dienone is 2. The van der Waals surface area contributed by atoms with Gasteiger partial charge in [0.2, 0.25) is 5.91 Å². The monoisotopic (exact) mass is 257 g/mol. The van der Waals surface area contributed by atoms with E-state index in [-0.39, 0.29) is 12.0 Å². The molecule has 0 saturated heterocycles. The molecule has 3 nitrogen and oxygen atoms in total. The van der Waals surface area contributed by atoms with Crippen molar-refractivity contribution in [2.24, 2.45) is 5.92 Å². The Labute approximate surface area is 113 Å². The number of rotatable bonds is 4. The maximum atomic E-state index is 11.8. The molecule has 3 heteroatoms. The number of benzene rings is 1. The molecular weight excluding hydrogens is 238 g/mol. The zero-order valence-corrected chi connectivity index (χ0v) is 11.0. The molecule has 1 aliphatic heterocycles. The molecule has 0 bridgehead atoms. The van der Waals surface area contributed by atoms with E-state index < -0.39 is 0 Å². The number of carbonyl (C=O) groups is 1. The average molecular weight is 257 g/mol. The number of fused-ring (bicyclic) bond motifs is 1. The van der Waals surface area contributed by atoms with Gasteiger partial charge in [-0.05, 0) is 30.4 Å². The maximum Gasteiger partial charge on any atom is 0.220 e. The Hall–Kier alpha value is -1.77. The van der Waals surface area contributed by atoms with Crippen LogP contribution in [0.25, 0.3) is 0 Å². The lowest BCUT2D eigenvalue weighted by Gasteiger charge is -2.13. The van der Waals surface area contributed by atoms with Gasteiger partial charge in [0.1, 0.15) is 11.9 Å². The summed E-state index contributed by atoms with van der Waals surface area (Å²) >= 11 is 0. The largest absolute Gasteiger partial charge is 0.488 e. The van der Waals surface area contributed by atoms with Crippen molar-refractivity contribution in [3.63, 3.8) is 0 Å². The molecule has 1 amide bonds. The minimum absolute atomic E-state index is 0.0838. The van der Waals surface area contributed by atoms with Crippen LogP contribution in [0.15, 0.2) is 36.4 Å². The Morgan fingerprint density at radius 3 is 3.05 bits per heavy atom. The predicted octanol–water partition coefficient (Wildman–Crippen LogP) is 2.46. The van der Waals surface area contributed by atoms with Crippen molar-refractivity contribution in [2.45, 2.75) is 31.8 Å². The van der Waals surface area contributed by atoms with Crippen molar-refractivity contribution in [1.29, 1.82) is 0 Å². The summed E-state index contributed by atoms with van der Waals surface area (Å²) in [5.41, 5.74) is 1.24. The van der Waals surface area contributed by atoms with Crippen molar-refractivity contribution in [3.05, 3.63) is 42.0 Å². The van der Waals surface area contributed by atoms with Crippen LogP contribution in [0.3, 0.4) is 0 Å². The zero-order chi connectivity index (χ0) is 13.1. The van der Waals surface area contributed by atoms with E-state index >= 15 is 0 Å². The van der Waals surface area contributed by atoms with Crippen molar-refractivity contribution >= 4 is 5.91 Å². The first-order valence-corrected chi connectivity index (χ1v) is 6.99. The van der Waals surface area contributed by atoms with Crippen molar-refractivity contribution in [1.82, 2.24) is 5.32 Å². The first kappa shape index (κ1) is 12.3. The normalized spacial score (nSPS) is 24.0. The van der Waals surface area contributed by atoms with Crippen LogP contribution in [0.2, 0.25) is 0 Å². The van der Waals surface area contributed by atoms with Crippen molar-refractivity contribution in [2.75, 3.05) is 6.54 Å². The van der Waals surface area contributed by atoms with E-state index in [9.17, 15) is 4.79 Å². The molecule has 1 N–H and O–H groups in total. The molecule has 0 saturated carbocycles. The van der Waals surface area contributed by atoms with Gasteiger partial charge in [-0.25, -0.2) is 0 Å². The molecule has 100 valence electrons. The molecule has 19 heavy (non-hydrogen) atoms. The van der Waals surface area contributed by atoms with Gasteiger partial charge >= 0.3 is 0 Å². The highest BCUT2D eigenvalue weighted by Gasteiger charge is 2.23. The summed E-state index contributed by atoms with van der Waals surface area (Å²) in [4.78, 5) is 11.8. The van der Waals surface area contributed by atoms with E-state index in [2.05, 4.69) is 23.5 Å². The van der Waals surface area contributed by atoms with Gasteiger partial charge in [-0.3, -0.25) is 4.79 Å². The van der Waals surface area contributed by atoms with E-state index in [0.29, 0.717) is 18.9 Å². The van der Waals surface area contributed by atoms with Crippen LogP contribution in [0.1, 0.15) is 24.8 Å². The number of amides is 1. The highest BCUT2D eigenvalue weighted by molar-refractivity contribution is 5.76. The summed E-state index contributed by atoms with van der Waals surface area (Å²) in [6, 6.07) is 8.07. The quantitative estimate of drug-likeness (QED) is 0.841. The molecule has 0 spiro atoms. The second kappa shape index (κ2) is 5.47. The lowest BCUT2D eigenvalue weighted by molar-refractivity contribution is -0.122. The SMILES string of the molecule is O=C(C[C@H]1C=CCC1)NC[C@H]1Cc2ccccc2O1. The van der Waals surface area contributed by atoms with Gasteiger partial charge in [0, 0.05) is 12.8 Å². The Bertz CT molecular complexity index is 470. The Morgan fingerprint density at radius 2 is 2.26 bits per heavy atom. The Balaban J connectivity index is 1.44. The first-order valence-electron chi connectivity index (χ1n) is 6.99. The third-order valence-corrected chi connectivity index (χ3v) is 3.80. The van der Waals surface area contributed by atoms with Crippen LogP contribution in [-0.2, 0) is 11.2 Å². The molecule has 1 aromatic rings. The number of ether oxygens (including phenoxy) is 1. The summed E-state index contributed by atoms with van der Waals surface area (Å²) in [6.07, 6.45) is 8.12. The van der Waals surface area contributed by atoms with E-state index in [1.807, 2.05) is 18.2 Å². The fourth-order valence-corrected chi connectivity index (χ4v) is 2.77. The molecule has 1 heterocycles. The van der Waals surface area contributed by atoms with E-state index in [1.165, 1.54) is 5.56 Å². The fourth-order valence-electron chi connectivity index (χ4n) is 2.77. The summed E-state index contributed by atoms with van der Waals surface area (Å²) in [5.74, 6) is 1.53. The molecule has 2 aliphatic rings. The van der Waals surface area contributed by atoms with Gasteiger partial charge < -0.3 is 10.1 Å². The maximum absolute atomic E-state index is 11.8. The van der Waals surface area contributed by atoms with E-state index in [0.717, 1.165) is 25.0 Å². The summed E-state index contributed by atoms with van der Waals surface area (Å²) in [6.45, 7) is 0.601. The van der Waals surface area contributed by atoms with Crippen LogP contribution in [0.4, 0.5) is 0 Å². The number of hydrogen-bond donors (Lipinski definition) is 1. The van der Waals surface area contributed by atoms with Crippen LogP contribution >= 0.6 is 0 Å². The molecule has 0 fully saturated rings. The summed E-state index contributed by atoms with van der Waals surface area (Å²) < 4.78 is 5.80. The third-order valence-electron chi connectivity index (χ3n) is 3.80. The number of hydrogen-bond acceptors (Lipinski definition) is 2. The molecule has 0 aromatic heterocycles. The molecule has 2 atom stereocenters. The second-order valence-electron chi connectivity index (χ2n) is 5.33. The lowest BCUT2D eigenvalue weighted by Crippen LogP contribution is -2.35. The summed E-state index contributed by atoms with van der Waals surface area (Å²) in [5, 5.41) is 2.99. The highest BCUT2D eigenvalue weighted by Crippen LogP contribution is 2.27. The topological polar surface area (TPSA) is 38.3 Å². The van der Waals surface area contributed by atoms with Gasteiger partial charge in [-0.2, -0.15) is 0 Å². The molecule has 0 unspecified atom stereocenters. The molecular formula is C16H19NO2. The van der Waals surface area contributed by atoms with Crippen LogP contribution in [0, 0.1) is 5.92 Å². The number of nitrogens with one attached hydrogen (secondary N) is 1. The zero-order valence-electron chi connectivity index (χ0n) is 11.0. The average Bonchev–Trinajstić information content (AvgIpc) is 3.04. The van der Waals surface area contributed by atoms with Crippen molar-refractivity contribution < 1.29 is 9.53 Å². The van der Waals surface area contributed by atoms with Crippen LogP contribution in [-0.4, -0.2) is 18.6 Å². The second-order valence-corrected chi connectivity index (χ2v) is 5.33. The molecule has 1 aromatic carbocycles. The molecule has 0 radical (unpaired) electrons. The summed E-state index contributed by atoms with van der Waals surface area (Å²) in [7, 11) is 0. The van der Waals surface area contributed by atoms with Gasteiger partial charge in [0.05, 0.1) is 6.54 Å². The van der Waals surface area contributed by atoms with Gasteiger partial charge in [0.25, 0.3) is 0 Å². The van der Waals surface area contributed by atoms with Crippen LogP contribution < -0.4 is 10.1 Å². The molecule has 1 aliphatic carbocycles. The smallest absolute Gasteiger partial charge is 0.220 e. The van der Waals surface area contributed by atoms with Crippen LogP contribution in [0.5, 0.6) is 5.75 Å². The number of para-hydroxylation sites is 1. The van der Waals surface area contributed by atoms with Gasteiger partial charge in [0.15, 0.2) is 0 Å². The predicted molar refractivity (Wildman–Crippen MR) is 74.1 cm³/mol. The van der Waals surface area contributed by atoms with Gasteiger partial charge in [-0.15, -0.1) is 0 Å². The third kappa shape index (κ3) is 2.98. The number of carbonyl (C=O) groups excluding carboxylic acids is 1. The minimum Gasteiger partial charge on any atom is -0.488 e. The Morgan fingerprint density at radius 1 is 1.37 bits per heavy atom. The van der Waals surface area contributed by atoms with E-state index in [4.69, 9.17) is 4.74 Å². The first-order chi connectivity index (χ1) is 9.31. The Kier molecular flexibility index (Phi) is 3.53. The fraction of sp³-hybridized carbons (Fsp3) is 0.438.